The van der Waals surface area contributed by atoms with Crippen LogP contribution in [0.5, 0.6) is 11.5 Å². The van der Waals surface area contributed by atoms with Crippen LogP contribution in [0.1, 0.15) is 23.6 Å². The summed E-state index contributed by atoms with van der Waals surface area (Å²) in [5, 5.41) is 2.68. The Balaban J connectivity index is 1.88. The van der Waals surface area contributed by atoms with Gasteiger partial charge in [-0.3, -0.25) is 4.79 Å². The number of hydrogen-bond donors (Lipinski definition) is 1. The predicted octanol–water partition coefficient (Wildman–Crippen LogP) is 3.57. The monoisotopic (exact) mass is 371 g/mol. The first-order chi connectivity index (χ1) is 12.8. The van der Waals surface area contributed by atoms with Crippen molar-refractivity contribution in [1.82, 2.24) is 0 Å². The van der Waals surface area contributed by atoms with Crippen molar-refractivity contribution in [3.05, 3.63) is 53.1 Å². The van der Waals surface area contributed by atoms with Crippen molar-refractivity contribution in [3.8, 4) is 11.5 Å². The molecular formula is C21H25NO5. The molecular weight excluding hydrogens is 346 g/mol. The van der Waals surface area contributed by atoms with Crippen LogP contribution in [-0.2, 0) is 14.3 Å². The van der Waals surface area contributed by atoms with Crippen molar-refractivity contribution in [2.75, 3.05) is 19.0 Å². The number of rotatable bonds is 7. The number of ether oxygens (including phenoxy) is 3. The highest BCUT2D eigenvalue weighted by atomic mass is 16.6. The number of methoxy groups -OCH3 is 1. The van der Waals surface area contributed by atoms with Gasteiger partial charge in [-0.05, 0) is 51.0 Å². The molecule has 0 saturated carbocycles. The minimum atomic E-state index is -0.951. The van der Waals surface area contributed by atoms with Crippen LogP contribution in [0.15, 0.2) is 36.4 Å². The lowest BCUT2D eigenvalue weighted by Gasteiger charge is -2.16. The summed E-state index contributed by atoms with van der Waals surface area (Å²) in [7, 11) is 1.54. The Morgan fingerprint density at radius 3 is 2.37 bits per heavy atom. The summed E-state index contributed by atoms with van der Waals surface area (Å²) in [6.07, 6.45) is -0.951. The van der Waals surface area contributed by atoms with E-state index >= 15 is 0 Å². The molecule has 1 N–H and O–H groups in total. The fourth-order valence-corrected chi connectivity index (χ4v) is 2.75. The van der Waals surface area contributed by atoms with Gasteiger partial charge in [0.1, 0.15) is 11.5 Å². The molecule has 0 aliphatic heterocycles. The van der Waals surface area contributed by atoms with Crippen LogP contribution >= 0.6 is 0 Å². The van der Waals surface area contributed by atoms with Crippen molar-refractivity contribution in [1.29, 1.82) is 0 Å². The lowest BCUT2D eigenvalue weighted by molar-refractivity contribution is -0.155. The SMILES string of the molecule is COc1cccc(NC(=O)[C@H](C)OC(=O)COc2c(C)cc(C)cc2C)c1. The second kappa shape index (κ2) is 9.07. The van der Waals surface area contributed by atoms with E-state index in [0.717, 1.165) is 16.7 Å². The molecule has 0 aliphatic rings. The first-order valence-corrected chi connectivity index (χ1v) is 8.65. The van der Waals surface area contributed by atoms with Gasteiger partial charge >= 0.3 is 5.97 Å². The normalized spacial score (nSPS) is 11.4. The highest BCUT2D eigenvalue weighted by Crippen LogP contribution is 2.24. The summed E-state index contributed by atoms with van der Waals surface area (Å²) in [6.45, 7) is 7.09. The smallest absolute Gasteiger partial charge is 0.344 e. The summed E-state index contributed by atoms with van der Waals surface area (Å²) in [5.74, 6) is 0.239. The fraction of sp³-hybridized carbons (Fsp3) is 0.333. The Morgan fingerprint density at radius 1 is 1.07 bits per heavy atom. The molecule has 0 spiro atoms. The summed E-state index contributed by atoms with van der Waals surface area (Å²) in [5.41, 5.74) is 3.58. The number of benzene rings is 2. The van der Waals surface area contributed by atoms with Crippen molar-refractivity contribution in [2.24, 2.45) is 0 Å². The van der Waals surface area contributed by atoms with E-state index < -0.39 is 18.0 Å². The lowest BCUT2D eigenvalue weighted by atomic mass is 10.1. The maximum Gasteiger partial charge on any atom is 0.344 e. The van der Waals surface area contributed by atoms with Crippen LogP contribution in [-0.4, -0.2) is 31.7 Å². The predicted molar refractivity (Wildman–Crippen MR) is 103 cm³/mol. The largest absolute Gasteiger partial charge is 0.497 e. The Hall–Kier alpha value is -3.02. The van der Waals surface area contributed by atoms with Gasteiger partial charge in [0.25, 0.3) is 5.91 Å². The quantitative estimate of drug-likeness (QED) is 0.753. The third-order valence-electron chi connectivity index (χ3n) is 3.95. The van der Waals surface area contributed by atoms with Crippen LogP contribution in [0.3, 0.4) is 0 Å². The van der Waals surface area contributed by atoms with Crippen LogP contribution in [0.2, 0.25) is 0 Å². The average molecular weight is 371 g/mol. The first kappa shape index (κ1) is 20.3. The Morgan fingerprint density at radius 2 is 1.74 bits per heavy atom. The average Bonchev–Trinajstić information content (AvgIpc) is 2.60. The summed E-state index contributed by atoms with van der Waals surface area (Å²) >= 11 is 0. The molecule has 0 saturated heterocycles. The second-order valence-corrected chi connectivity index (χ2v) is 6.37. The van der Waals surface area contributed by atoms with Gasteiger partial charge in [0.05, 0.1) is 7.11 Å². The highest BCUT2D eigenvalue weighted by Gasteiger charge is 2.19. The minimum absolute atomic E-state index is 0.262. The lowest BCUT2D eigenvalue weighted by Crippen LogP contribution is -2.31. The topological polar surface area (TPSA) is 73.9 Å². The first-order valence-electron chi connectivity index (χ1n) is 8.65. The van der Waals surface area contributed by atoms with Crippen LogP contribution in [0, 0.1) is 20.8 Å². The maximum atomic E-state index is 12.2. The van der Waals surface area contributed by atoms with Crippen molar-refractivity contribution < 1.29 is 23.8 Å². The number of anilines is 1. The number of amides is 1. The van der Waals surface area contributed by atoms with Crippen LogP contribution < -0.4 is 14.8 Å². The van der Waals surface area contributed by atoms with E-state index in [1.54, 1.807) is 31.4 Å². The van der Waals surface area contributed by atoms with E-state index in [-0.39, 0.29) is 6.61 Å². The summed E-state index contributed by atoms with van der Waals surface area (Å²) < 4.78 is 15.9. The van der Waals surface area contributed by atoms with Crippen molar-refractivity contribution in [2.45, 2.75) is 33.8 Å². The van der Waals surface area contributed by atoms with Crippen molar-refractivity contribution >= 4 is 17.6 Å². The molecule has 144 valence electrons. The molecule has 0 fully saturated rings. The zero-order valence-corrected chi connectivity index (χ0v) is 16.3. The Kier molecular flexibility index (Phi) is 6.82. The molecule has 27 heavy (non-hydrogen) atoms. The Bertz CT molecular complexity index is 808. The van der Waals surface area contributed by atoms with Gasteiger partial charge in [-0.2, -0.15) is 0 Å². The Labute approximate surface area is 159 Å². The zero-order valence-electron chi connectivity index (χ0n) is 16.3. The molecule has 0 heterocycles. The number of aryl methyl sites for hydroxylation is 3. The maximum absolute atomic E-state index is 12.2. The van der Waals surface area contributed by atoms with Gasteiger partial charge in [-0.1, -0.05) is 23.8 Å². The molecule has 0 aliphatic carbocycles. The molecule has 2 aromatic carbocycles. The molecule has 0 radical (unpaired) electrons. The molecule has 1 amide bonds. The van der Waals surface area contributed by atoms with Gasteiger partial charge in [0.15, 0.2) is 12.7 Å². The molecule has 0 aromatic heterocycles. The van der Waals surface area contributed by atoms with E-state index in [1.807, 2.05) is 32.9 Å². The van der Waals surface area contributed by atoms with E-state index in [0.29, 0.717) is 17.2 Å². The van der Waals surface area contributed by atoms with Gasteiger partial charge in [0.2, 0.25) is 0 Å². The van der Waals surface area contributed by atoms with E-state index in [1.165, 1.54) is 6.92 Å². The molecule has 2 aromatic rings. The number of carbonyl (C=O) groups excluding carboxylic acids is 2. The summed E-state index contributed by atoms with van der Waals surface area (Å²) in [4.78, 5) is 24.2. The minimum Gasteiger partial charge on any atom is -0.497 e. The summed E-state index contributed by atoms with van der Waals surface area (Å²) in [6, 6.07) is 10.9. The number of carbonyl (C=O) groups is 2. The van der Waals surface area contributed by atoms with Gasteiger partial charge in [0, 0.05) is 11.8 Å². The highest BCUT2D eigenvalue weighted by molar-refractivity contribution is 5.95. The van der Waals surface area contributed by atoms with E-state index in [9.17, 15) is 9.59 Å². The molecule has 6 nitrogen and oxygen atoms in total. The molecule has 2 rings (SSSR count). The van der Waals surface area contributed by atoms with E-state index in [2.05, 4.69) is 5.32 Å². The van der Waals surface area contributed by atoms with E-state index in [4.69, 9.17) is 14.2 Å². The van der Waals surface area contributed by atoms with Gasteiger partial charge < -0.3 is 19.5 Å². The third kappa shape index (κ3) is 5.74. The standard InChI is InChI=1S/C21H25NO5/c1-13-9-14(2)20(15(3)10-13)26-12-19(23)27-16(4)21(24)22-17-7-6-8-18(11-17)25-5/h6-11,16H,12H2,1-5H3,(H,22,24)/t16-/m0/s1. The van der Waals surface area contributed by atoms with Gasteiger partial charge in [-0.25, -0.2) is 4.79 Å². The molecule has 6 heteroatoms. The van der Waals surface area contributed by atoms with Crippen LogP contribution in [0.4, 0.5) is 5.69 Å². The van der Waals surface area contributed by atoms with Crippen molar-refractivity contribution in [3.63, 3.8) is 0 Å². The molecule has 1 atom stereocenters. The number of hydrogen-bond acceptors (Lipinski definition) is 5. The van der Waals surface area contributed by atoms with Crippen LogP contribution in [0.25, 0.3) is 0 Å². The number of esters is 1. The van der Waals surface area contributed by atoms with Gasteiger partial charge in [-0.15, -0.1) is 0 Å². The fourth-order valence-electron chi connectivity index (χ4n) is 2.75. The molecule has 0 unspecified atom stereocenters. The second-order valence-electron chi connectivity index (χ2n) is 6.37. The molecule has 0 bridgehead atoms. The number of nitrogens with one attached hydrogen (secondary N) is 1. The zero-order chi connectivity index (χ0) is 20.0. The third-order valence-corrected chi connectivity index (χ3v) is 3.95.